The van der Waals surface area contributed by atoms with Gasteiger partial charge in [-0.15, -0.1) is 0 Å². The van der Waals surface area contributed by atoms with Crippen molar-refractivity contribution in [3.8, 4) is 0 Å². The zero-order valence-electron chi connectivity index (χ0n) is 12.0. The SMILES string of the molecule is COCc1ccccc1NS(=O)(=O)c1ccc(N)c(C)c1. The standard InChI is InChI=1S/C15H18N2O3S/c1-11-9-13(7-8-14(11)16)21(18,19)17-15-6-4-3-5-12(15)10-20-2/h3-9,17H,10,16H2,1-2H3. The monoisotopic (exact) mass is 306 g/mol. The van der Waals surface area contributed by atoms with Crippen LogP contribution in [0.2, 0.25) is 0 Å². The van der Waals surface area contributed by atoms with Crippen molar-refractivity contribution in [1.82, 2.24) is 0 Å². The number of nitrogen functional groups attached to an aromatic ring is 1. The number of sulfonamides is 1. The van der Waals surface area contributed by atoms with E-state index in [1.165, 1.54) is 6.07 Å². The minimum Gasteiger partial charge on any atom is -0.399 e. The first-order valence-corrected chi connectivity index (χ1v) is 7.88. The number of ether oxygens (including phenoxy) is 1. The van der Waals surface area contributed by atoms with Crippen molar-refractivity contribution < 1.29 is 13.2 Å². The predicted molar refractivity (Wildman–Crippen MR) is 83.6 cm³/mol. The normalized spacial score (nSPS) is 11.3. The molecule has 112 valence electrons. The summed E-state index contributed by atoms with van der Waals surface area (Å²) in [5.74, 6) is 0. The van der Waals surface area contributed by atoms with Crippen LogP contribution >= 0.6 is 0 Å². The van der Waals surface area contributed by atoms with Crippen molar-refractivity contribution in [3.63, 3.8) is 0 Å². The van der Waals surface area contributed by atoms with Crippen LogP contribution in [0.25, 0.3) is 0 Å². The van der Waals surface area contributed by atoms with Gasteiger partial charge in [-0.3, -0.25) is 4.72 Å². The third kappa shape index (κ3) is 3.53. The average molecular weight is 306 g/mol. The summed E-state index contributed by atoms with van der Waals surface area (Å²) in [7, 11) is -2.09. The fourth-order valence-electron chi connectivity index (χ4n) is 1.92. The van der Waals surface area contributed by atoms with E-state index >= 15 is 0 Å². The highest BCUT2D eigenvalue weighted by atomic mass is 32.2. The number of aryl methyl sites for hydroxylation is 1. The summed E-state index contributed by atoms with van der Waals surface area (Å²) in [4.78, 5) is 0.182. The van der Waals surface area contributed by atoms with E-state index in [1.54, 1.807) is 38.3 Å². The van der Waals surface area contributed by atoms with Crippen LogP contribution in [0, 0.1) is 6.92 Å². The van der Waals surface area contributed by atoms with Gasteiger partial charge in [-0.2, -0.15) is 0 Å². The third-order valence-electron chi connectivity index (χ3n) is 3.11. The van der Waals surface area contributed by atoms with Gasteiger partial charge in [-0.25, -0.2) is 8.42 Å². The quantitative estimate of drug-likeness (QED) is 0.832. The van der Waals surface area contributed by atoms with Crippen LogP contribution in [0.15, 0.2) is 47.4 Å². The van der Waals surface area contributed by atoms with Crippen LogP contribution in [0.1, 0.15) is 11.1 Å². The molecule has 6 heteroatoms. The van der Waals surface area contributed by atoms with Crippen molar-refractivity contribution in [1.29, 1.82) is 0 Å². The summed E-state index contributed by atoms with van der Waals surface area (Å²) >= 11 is 0. The first-order valence-electron chi connectivity index (χ1n) is 6.40. The lowest BCUT2D eigenvalue weighted by Crippen LogP contribution is -2.14. The molecule has 2 aromatic carbocycles. The molecule has 21 heavy (non-hydrogen) atoms. The second-order valence-electron chi connectivity index (χ2n) is 4.71. The van der Waals surface area contributed by atoms with Gasteiger partial charge in [0.15, 0.2) is 0 Å². The number of hydrogen-bond donors (Lipinski definition) is 2. The van der Waals surface area contributed by atoms with Gasteiger partial charge < -0.3 is 10.5 Å². The van der Waals surface area contributed by atoms with Crippen LogP contribution in [-0.2, 0) is 21.4 Å². The Balaban J connectivity index is 2.35. The summed E-state index contributed by atoms with van der Waals surface area (Å²) < 4.78 is 32.5. The number of methoxy groups -OCH3 is 1. The zero-order chi connectivity index (χ0) is 15.5. The maximum atomic E-state index is 12.4. The molecule has 2 rings (SSSR count). The Hall–Kier alpha value is -2.05. The number of hydrogen-bond acceptors (Lipinski definition) is 4. The van der Waals surface area contributed by atoms with E-state index in [4.69, 9.17) is 10.5 Å². The topological polar surface area (TPSA) is 81.4 Å². The fraction of sp³-hybridized carbons (Fsp3) is 0.200. The van der Waals surface area contributed by atoms with Crippen LogP contribution < -0.4 is 10.5 Å². The lowest BCUT2D eigenvalue weighted by molar-refractivity contribution is 0.185. The molecule has 0 radical (unpaired) electrons. The van der Waals surface area contributed by atoms with E-state index in [1.807, 2.05) is 12.1 Å². The molecule has 0 fully saturated rings. The lowest BCUT2D eigenvalue weighted by atomic mass is 10.2. The smallest absolute Gasteiger partial charge is 0.261 e. The Bertz CT molecular complexity index is 742. The Morgan fingerprint density at radius 2 is 1.90 bits per heavy atom. The van der Waals surface area contributed by atoms with Gasteiger partial charge >= 0.3 is 0 Å². The molecule has 3 N–H and O–H groups in total. The van der Waals surface area contributed by atoms with Crippen molar-refractivity contribution in [2.24, 2.45) is 0 Å². The fourth-order valence-corrected chi connectivity index (χ4v) is 3.11. The van der Waals surface area contributed by atoms with Crippen LogP contribution in [0.4, 0.5) is 11.4 Å². The first kappa shape index (κ1) is 15.3. The average Bonchev–Trinajstić information content (AvgIpc) is 2.44. The number of rotatable bonds is 5. The number of benzene rings is 2. The predicted octanol–water partition coefficient (Wildman–Crippen LogP) is 2.52. The minimum absolute atomic E-state index is 0.182. The Kier molecular flexibility index (Phi) is 4.50. The highest BCUT2D eigenvalue weighted by Crippen LogP contribution is 2.22. The van der Waals surface area contributed by atoms with E-state index in [0.29, 0.717) is 18.0 Å². The molecule has 0 bridgehead atoms. The van der Waals surface area contributed by atoms with E-state index in [9.17, 15) is 8.42 Å². The molecule has 0 aromatic heterocycles. The molecule has 0 aliphatic carbocycles. The lowest BCUT2D eigenvalue weighted by Gasteiger charge is -2.13. The molecule has 0 aliphatic rings. The van der Waals surface area contributed by atoms with E-state index in [-0.39, 0.29) is 4.90 Å². The third-order valence-corrected chi connectivity index (χ3v) is 4.48. The molecule has 0 aliphatic heterocycles. The second kappa shape index (κ2) is 6.15. The summed E-state index contributed by atoms with van der Waals surface area (Å²) in [6, 6.07) is 11.8. The van der Waals surface area contributed by atoms with Crippen molar-refractivity contribution >= 4 is 21.4 Å². The van der Waals surface area contributed by atoms with Crippen LogP contribution in [0.5, 0.6) is 0 Å². The maximum absolute atomic E-state index is 12.4. The summed E-state index contributed by atoms with van der Waals surface area (Å²) in [6.45, 7) is 2.10. The van der Waals surface area contributed by atoms with Crippen LogP contribution in [-0.4, -0.2) is 15.5 Å². The molecule has 2 aromatic rings. The summed E-state index contributed by atoms with van der Waals surface area (Å²) in [5, 5.41) is 0. The number of anilines is 2. The summed E-state index contributed by atoms with van der Waals surface area (Å²) in [5.41, 5.74) is 8.29. The van der Waals surface area contributed by atoms with Gasteiger partial charge in [0.2, 0.25) is 0 Å². The van der Waals surface area contributed by atoms with Gasteiger partial charge in [0, 0.05) is 18.4 Å². The van der Waals surface area contributed by atoms with E-state index < -0.39 is 10.0 Å². The Morgan fingerprint density at radius 3 is 2.57 bits per heavy atom. The summed E-state index contributed by atoms with van der Waals surface area (Å²) in [6.07, 6.45) is 0. The van der Waals surface area contributed by atoms with Gasteiger partial charge in [-0.1, -0.05) is 18.2 Å². The minimum atomic E-state index is -3.65. The number of nitrogens with one attached hydrogen (secondary N) is 1. The second-order valence-corrected chi connectivity index (χ2v) is 6.40. The molecule has 0 heterocycles. The maximum Gasteiger partial charge on any atom is 0.261 e. The van der Waals surface area contributed by atoms with Gasteiger partial charge in [0.1, 0.15) is 0 Å². The zero-order valence-corrected chi connectivity index (χ0v) is 12.8. The van der Waals surface area contributed by atoms with Gasteiger partial charge in [0.05, 0.1) is 17.2 Å². The Morgan fingerprint density at radius 1 is 1.19 bits per heavy atom. The molecular formula is C15H18N2O3S. The van der Waals surface area contributed by atoms with Gasteiger partial charge in [0.25, 0.3) is 10.0 Å². The molecule has 0 unspecified atom stereocenters. The first-order chi connectivity index (χ1) is 9.94. The Labute approximate surface area is 124 Å². The highest BCUT2D eigenvalue weighted by molar-refractivity contribution is 7.92. The molecule has 0 amide bonds. The van der Waals surface area contributed by atoms with Crippen molar-refractivity contribution in [2.45, 2.75) is 18.4 Å². The number of nitrogens with two attached hydrogens (primary N) is 1. The van der Waals surface area contributed by atoms with Gasteiger partial charge in [-0.05, 0) is 36.8 Å². The largest absolute Gasteiger partial charge is 0.399 e. The molecule has 5 nitrogen and oxygen atoms in total. The molecular weight excluding hydrogens is 288 g/mol. The molecule has 0 spiro atoms. The molecule has 0 atom stereocenters. The van der Waals surface area contributed by atoms with Crippen LogP contribution in [0.3, 0.4) is 0 Å². The van der Waals surface area contributed by atoms with E-state index in [0.717, 1.165) is 11.1 Å². The number of para-hydroxylation sites is 1. The van der Waals surface area contributed by atoms with Crippen molar-refractivity contribution in [2.75, 3.05) is 17.6 Å². The highest BCUT2D eigenvalue weighted by Gasteiger charge is 2.16. The van der Waals surface area contributed by atoms with E-state index in [2.05, 4.69) is 4.72 Å². The van der Waals surface area contributed by atoms with Crippen molar-refractivity contribution in [3.05, 3.63) is 53.6 Å². The molecule has 0 saturated heterocycles. The molecule has 0 saturated carbocycles.